The van der Waals surface area contributed by atoms with Crippen LogP contribution in [0.5, 0.6) is 0 Å². The van der Waals surface area contributed by atoms with E-state index in [9.17, 15) is 90.3 Å². The van der Waals surface area contributed by atoms with Gasteiger partial charge in [-0.15, -0.1) is 0 Å². The fourth-order valence-corrected chi connectivity index (χ4v) is 11.2. The molecule has 2 aromatic carbocycles. The Bertz CT molecular complexity index is 3570. The van der Waals surface area contributed by atoms with Gasteiger partial charge in [0.25, 0.3) is 5.92 Å². The highest BCUT2D eigenvalue weighted by molar-refractivity contribution is 7.93. The highest BCUT2D eigenvalue weighted by Crippen LogP contribution is 2.68. The second-order valence-corrected chi connectivity index (χ2v) is 26.7. The lowest BCUT2D eigenvalue weighted by Crippen LogP contribution is -2.50. The summed E-state index contributed by atoms with van der Waals surface area (Å²) < 4.78 is 231. The molecule has 0 radical (unpaired) electrons. The summed E-state index contributed by atoms with van der Waals surface area (Å²) in [7, 11) is -19.9. The predicted molar refractivity (Wildman–Crippen MR) is 260 cm³/mol. The third-order valence-electron chi connectivity index (χ3n) is 12.9. The van der Waals surface area contributed by atoms with Crippen LogP contribution < -0.4 is 14.9 Å². The Kier molecular flexibility index (Phi) is 17.0. The van der Waals surface area contributed by atoms with Crippen molar-refractivity contribution in [3.8, 4) is 11.1 Å². The highest BCUT2D eigenvalue weighted by atomic mass is 35.5. The summed E-state index contributed by atoms with van der Waals surface area (Å²) in [4.78, 5) is 70.0. The number of phosphoric ester groups is 2. The topological polar surface area (TPSA) is 312 Å². The van der Waals surface area contributed by atoms with Crippen molar-refractivity contribution in [2.75, 3.05) is 30.0 Å². The molecule has 3 amide bonds. The number of phosphoric acid groups is 2. The number of aryl methyl sites for hydroxylation is 1. The molecule has 2 aliphatic rings. The third-order valence-corrected chi connectivity index (χ3v) is 17.4. The number of urea groups is 1. The van der Waals surface area contributed by atoms with Gasteiger partial charge in [0.15, 0.2) is 21.3 Å². The van der Waals surface area contributed by atoms with Gasteiger partial charge in [0.1, 0.15) is 30.4 Å². The number of halogens is 11. The van der Waals surface area contributed by atoms with Crippen molar-refractivity contribution in [3.05, 3.63) is 93.0 Å². The number of carbonyl (C=O) groups is 2. The van der Waals surface area contributed by atoms with Gasteiger partial charge in [-0.05, 0) is 75.3 Å². The van der Waals surface area contributed by atoms with Crippen LogP contribution in [0.15, 0.2) is 42.5 Å². The number of amides is 3. The molecule has 1 saturated carbocycles. The molecule has 7 rings (SSSR count). The highest BCUT2D eigenvalue weighted by Gasteiger charge is 2.68. The van der Waals surface area contributed by atoms with Gasteiger partial charge in [-0.3, -0.25) is 28.2 Å². The molecule has 2 aliphatic carbocycles. The van der Waals surface area contributed by atoms with E-state index in [1.54, 1.807) is 0 Å². The lowest BCUT2D eigenvalue weighted by Gasteiger charge is -2.25. The number of nitrogens with one attached hydrogen (secondary N) is 2. The van der Waals surface area contributed by atoms with Crippen LogP contribution in [-0.4, -0.2) is 116 Å². The van der Waals surface area contributed by atoms with Crippen molar-refractivity contribution in [3.63, 3.8) is 0 Å². The molecule has 5 aromatic rings. The van der Waals surface area contributed by atoms with Crippen molar-refractivity contribution in [1.29, 1.82) is 0 Å². The number of anilines is 1. The van der Waals surface area contributed by atoms with Gasteiger partial charge in [-0.2, -0.15) is 49.6 Å². The smallest absolute Gasteiger partial charge is 0.346 e. The quantitative estimate of drug-likeness (QED) is 0.0320. The number of hydrogen-bond acceptors (Lipinski definition) is 13. The van der Waals surface area contributed by atoms with Crippen molar-refractivity contribution >= 4 is 75.8 Å². The summed E-state index contributed by atoms with van der Waals surface area (Å²) in [6.45, 7) is -3.50. The van der Waals surface area contributed by atoms with Crippen LogP contribution in [-0.2, 0) is 80.9 Å². The Hall–Kier alpha value is -5.28. The van der Waals surface area contributed by atoms with Crippen LogP contribution in [0.1, 0.15) is 72.6 Å². The zero-order chi connectivity index (χ0) is 59.8. The predicted octanol–water partition coefficient (Wildman–Crippen LogP) is 6.94. The van der Waals surface area contributed by atoms with Crippen LogP contribution in [0.4, 0.5) is 54.5 Å². The monoisotopic (exact) mass is 1250 g/mol. The SMILES string of the molecule is CC(C)(CCc1ccc(-c2ccc(Cl)c3c(N(C(=O)NC(COP(=O)(O)O)COP(=O)(O)O)S(C)(=O)=O)nn(CC(F)(F)F)c23)c([C@H](Cc2cc(F)cc(F)c2)NC(=O)Cn2nc(C(F)(F)F)c3c2C(F)(F)C2C[C@H]32)n1)S(C)(=O)=O. The van der Waals surface area contributed by atoms with Gasteiger partial charge in [0.05, 0.1) is 57.9 Å². The van der Waals surface area contributed by atoms with Crippen LogP contribution in [0.3, 0.4) is 0 Å². The van der Waals surface area contributed by atoms with Gasteiger partial charge in [0, 0.05) is 40.6 Å². The minimum absolute atomic E-state index is 0.0432. The average Bonchev–Trinajstić information content (AvgIpc) is 4.06. The van der Waals surface area contributed by atoms with Gasteiger partial charge in [-0.1, -0.05) is 23.7 Å². The van der Waals surface area contributed by atoms with E-state index in [1.807, 2.05) is 5.32 Å². The maximum Gasteiger partial charge on any atom is 0.469 e. The molecule has 3 atom stereocenters. The average molecular weight is 1250 g/mol. The molecule has 22 nitrogen and oxygen atoms in total. The Labute approximate surface area is 451 Å². The molecule has 0 aliphatic heterocycles. The Balaban J connectivity index is 1.45. The molecule has 3 aromatic heterocycles. The second kappa shape index (κ2) is 21.8. The molecule has 1 unspecified atom stereocenters. The summed E-state index contributed by atoms with van der Waals surface area (Å²) in [5.41, 5.74) is -6.22. The van der Waals surface area contributed by atoms with Gasteiger partial charge in [-0.25, -0.2) is 39.5 Å². The Morgan fingerprint density at radius 3 is 2.01 bits per heavy atom. The first-order valence-corrected chi connectivity index (χ1v) is 30.1. The lowest BCUT2D eigenvalue weighted by molar-refractivity contribution is -0.143. The number of benzene rings is 2. The Morgan fingerprint density at radius 1 is 0.887 bits per heavy atom. The molecule has 80 heavy (non-hydrogen) atoms. The molecule has 0 saturated heterocycles. The van der Waals surface area contributed by atoms with Crippen molar-refractivity contribution in [2.24, 2.45) is 5.92 Å². The van der Waals surface area contributed by atoms with Crippen LogP contribution in [0, 0.1) is 17.6 Å². The number of pyridine rings is 1. The largest absolute Gasteiger partial charge is 0.469 e. The summed E-state index contributed by atoms with van der Waals surface area (Å²) in [6, 6.07) is 0.423. The van der Waals surface area contributed by atoms with Crippen LogP contribution in [0.2, 0.25) is 5.02 Å². The summed E-state index contributed by atoms with van der Waals surface area (Å²) in [5, 5.41) is 9.93. The van der Waals surface area contributed by atoms with E-state index < -0.39 is 189 Å². The molecular formula is C43H45ClF10N8O14P2S2. The number of sulfone groups is 1. The molecule has 6 N–H and O–H groups in total. The standard InChI is InChI=1S/C43H45ClF10N8O14P2S2/c1-40(2,79(3,71)72)10-9-23-5-6-25(34(55-23)30(13-20-11-21(45)14-22(46)12-20)57-31(63)16-60-37-32(36(58-60)43(52,53)54)27-15-28(27)42(37,50)51)26-7-8-29(44)33-35(26)61(19-41(47,48)49)59-38(33)62(80(4,73)74)39(64)56-24(17-75-77(65,66)67)18-76-78(68,69)70/h5-8,11-12,14,24,27-28,30H,9-10,13,15-19H2,1-4H3,(H,56,64)(H,57,63)(H2,65,66,67)(H2,68,69,70)/t27-,28?,30-/m0/s1. The summed E-state index contributed by atoms with van der Waals surface area (Å²) in [6.07, 6.45) is -10.8. The first-order valence-electron chi connectivity index (χ1n) is 22.9. The van der Waals surface area contributed by atoms with E-state index in [-0.39, 0.29) is 49.8 Å². The van der Waals surface area contributed by atoms with Crippen molar-refractivity contribution < 1.29 is 108 Å². The molecule has 3 heterocycles. The minimum atomic E-state index is -5.45. The van der Waals surface area contributed by atoms with Gasteiger partial charge >= 0.3 is 34.0 Å². The number of carbonyl (C=O) groups excluding carboxylic acids is 2. The number of alkyl halides is 8. The molecule has 0 spiro atoms. The molecule has 440 valence electrons. The number of hydrogen-bond donors (Lipinski definition) is 6. The van der Waals surface area contributed by atoms with E-state index in [2.05, 4.69) is 29.5 Å². The van der Waals surface area contributed by atoms with E-state index in [0.717, 1.165) is 36.6 Å². The molecular weight excluding hydrogens is 1200 g/mol. The van der Waals surface area contributed by atoms with E-state index in [4.69, 9.17) is 11.6 Å². The minimum Gasteiger partial charge on any atom is -0.346 e. The fourth-order valence-electron chi connectivity index (χ4n) is 8.96. The van der Waals surface area contributed by atoms with Gasteiger partial charge in [0.2, 0.25) is 15.9 Å². The van der Waals surface area contributed by atoms with Crippen LogP contribution >= 0.6 is 27.2 Å². The first kappa shape index (κ1) is 62.3. The second-order valence-electron chi connectivity index (χ2n) is 19.4. The maximum atomic E-state index is 15.7. The van der Waals surface area contributed by atoms with Crippen molar-refractivity contribution in [2.45, 2.75) is 93.6 Å². The zero-order valence-corrected chi connectivity index (χ0v) is 45.6. The Morgan fingerprint density at radius 2 is 1.48 bits per heavy atom. The van der Waals surface area contributed by atoms with Gasteiger partial charge < -0.3 is 30.2 Å². The number of nitrogens with zero attached hydrogens (tertiary/aromatic N) is 6. The normalized spacial score (nSPS) is 17.1. The van der Waals surface area contributed by atoms with Crippen LogP contribution in [0.25, 0.3) is 22.0 Å². The third kappa shape index (κ3) is 14.1. The van der Waals surface area contributed by atoms with E-state index in [1.165, 1.54) is 19.9 Å². The zero-order valence-electron chi connectivity index (χ0n) is 41.4. The number of aromatic nitrogens is 5. The van der Waals surface area contributed by atoms with E-state index >= 15 is 8.78 Å². The number of fused-ring (bicyclic) bond motifs is 4. The summed E-state index contributed by atoms with van der Waals surface area (Å²) in [5.74, 6) is -11.7. The summed E-state index contributed by atoms with van der Waals surface area (Å²) >= 11 is 6.62. The molecule has 37 heteroatoms. The fraction of sp³-hybridized carbons (Fsp3) is 0.465. The first-order chi connectivity index (χ1) is 36.5. The van der Waals surface area contributed by atoms with Crippen molar-refractivity contribution in [1.82, 2.24) is 35.2 Å². The molecule has 0 bridgehead atoms. The molecule has 1 fully saturated rings. The number of sulfonamides is 1. The maximum absolute atomic E-state index is 15.7. The lowest BCUT2D eigenvalue weighted by atomic mass is 9.93. The van der Waals surface area contributed by atoms with E-state index in [0.29, 0.717) is 12.3 Å². The number of rotatable bonds is 21.